The molecule has 15 nitrogen and oxygen atoms in total. The number of aryl methyl sites for hydroxylation is 1. The number of benzene rings is 4. The van der Waals surface area contributed by atoms with Crippen LogP contribution in [0.1, 0.15) is 5.56 Å². The van der Waals surface area contributed by atoms with Gasteiger partial charge in [0.25, 0.3) is 25.9 Å². The van der Waals surface area contributed by atoms with E-state index >= 15 is 0 Å². The summed E-state index contributed by atoms with van der Waals surface area (Å²) in [5.74, 6) is -0.806. The lowest BCUT2D eigenvalue weighted by molar-refractivity contribution is -0.384. The molecule has 0 radical (unpaired) electrons. The van der Waals surface area contributed by atoms with Crippen molar-refractivity contribution < 1.29 is 36.0 Å². The van der Waals surface area contributed by atoms with Crippen molar-refractivity contribution in [3.63, 3.8) is 0 Å². The fourth-order valence-electron chi connectivity index (χ4n) is 3.61. The average molecular weight is 587 g/mol. The van der Waals surface area contributed by atoms with Crippen molar-refractivity contribution in [1.29, 1.82) is 0 Å². The lowest BCUT2D eigenvalue weighted by Gasteiger charge is -2.12. The molecule has 4 aromatic carbocycles. The molecule has 0 fully saturated rings. The number of hydrogen-bond acceptors (Lipinski definition) is 12. The van der Waals surface area contributed by atoms with Crippen molar-refractivity contribution in [3.05, 3.63) is 76.3 Å². The number of nitro groups is 1. The first-order valence-electron chi connectivity index (χ1n) is 10.9. The highest BCUT2D eigenvalue weighted by Gasteiger charge is 2.24. The van der Waals surface area contributed by atoms with Gasteiger partial charge in [0.05, 0.1) is 26.9 Å². The van der Waals surface area contributed by atoms with E-state index in [-0.39, 0.29) is 27.8 Å². The number of nitrogens with two attached hydrogens (primary N) is 1. The zero-order valence-electron chi connectivity index (χ0n) is 20.2. The largest absolute Gasteiger partial charge is 0.505 e. The van der Waals surface area contributed by atoms with Gasteiger partial charge in [-0.3, -0.25) is 19.2 Å². The second-order valence-electron chi connectivity index (χ2n) is 8.28. The van der Waals surface area contributed by atoms with E-state index in [0.717, 1.165) is 18.2 Å². The number of fused-ring (bicyclic) bond motifs is 1. The van der Waals surface area contributed by atoms with Crippen LogP contribution in [0.4, 0.5) is 34.1 Å². The molecule has 0 saturated carbocycles. The standard InChI is InChI=1S/C23H18N6O9S2/c1-12-8-15(26-25-14-2-5-16(6-3-14)29(31)32)4-7-19(12)27-28-22-20(40(36,37)38)10-13-9-17(39(33,34)35)11-18(24)21(13)23(22)30/h2-11,30H,24H2,1H3,(H,33,34,35)(H,36,37,38). The number of aromatic hydroxyl groups is 1. The first-order valence-corrected chi connectivity index (χ1v) is 13.8. The van der Waals surface area contributed by atoms with Gasteiger partial charge >= 0.3 is 0 Å². The van der Waals surface area contributed by atoms with E-state index in [1.165, 1.54) is 36.4 Å². The van der Waals surface area contributed by atoms with Crippen LogP contribution in [-0.4, -0.2) is 36.0 Å². The van der Waals surface area contributed by atoms with Gasteiger partial charge in [0.15, 0.2) is 5.75 Å². The van der Waals surface area contributed by atoms with E-state index in [1.807, 2.05) is 0 Å². The molecular formula is C23H18N6O9S2. The topological polar surface area (TPSA) is 248 Å². The molecule has 5 N–H and O–H groups in total. The summed E-state index contributed by atoms with van der Waals surface area (Å²) in [6, 6.07) is 12.5. The highest BCUT2D eigenvalue weighted by Crippen LogP contribution is 2.44. The Bertz CT molecular complexity index is 1960. The van der Waals surface area contributed by atoms with Crippen molar-refractivity contribution in [2.24, 2.45) is 20.5 Å². The molecule has 40 heavy (non-hydrogen) atoms. The monoisotopic (exact) mass is 586 g/mol. The molecule has 0 heterocycles. The Balaban J connectivity index is 1.72. The van der Waals surface area contributed by atoms with Crippen LogP contribution in [0.2, 0.25) is 0 Å². The second kappa shape index (κ2) is 10.4. The molecule has 0 saturated heterocycles. The molecule has 0 bridgehead atoms. The smallest absolute Gasteiger partial charge is 0.296 e. The Morgan fingerprint density at radius 3 is 2.02 bits per heavy atom. The van der Waals surface area contributed by atoms with Crippen LogP contribution < -0.4 is 5.73 Å². The van der Waals surface area contributed by atoms with Crippen molar-refractivity contribution in [2.75, 3.05) is 5.73 Å². The molecule has 4 aromatic rings. The van der Waals surface area contributed by atoms with Gasteiger partial charge in [-0.05, 0) is 66.4 Å². The van der Waals surface area contributed by atoms with E-state index in [0.29, 0.717) is 16.9 Å². The van der Waals surface area contributed by atoms with Crippen molar-refractivity contribution in [3.8, 4) is 5.75 Å². The van der Waals surface area contributed by atoms with Crippen LogP contribution >= 0.6 is 0 Å². The molecule has 0 aliphatic heterocycles. The Hall–Kier alpha value is -4.84. The number of anilines is 1. The van der Waals surface area contributed by atoms with Crippen LogP contribution in [0.5, 0.6) is 5.75 Å². The summed E-state index contributed by atoms with van der Waals surface area (Å²) in [6.07, 6.45) is 0. The lowest BCUT2D eigenvalue weighted by Crippen LogP contribution is -2.02. The molecule has 0 aromatic heterocycles. The number of hydrogen-bond donors (Lipinski definition) is 4. The maximum atomic E-state index is 12.1. The van der Waals surface area contributed by atoms with Crippen molar-refractivity contribution in [1.82, 2.24) is 0 Å². The Labute approximate surface area is 226 Å². The number of non-ortho nitro benzene ring substituents is 1. The molecule has 0 atom stereocenters. The first kappa shape index (κ1) is 28.2. The SMILES string of the molecule is Cc1cc(N=Nc2ccc([N+](=O)[O-])cc2)ccc1N=Nc1c(S(=O)(=O)O)cc2cc(S(=O)(=O)O)cc(N)c2c1O. The van der Waals surface area contributed by atoms with Gasteiger partial charge in [-0.25, -0.2) is 0 Å². The lowest BCUT2D eigenvalue weighted by atomic mass is 10.1. The molecular weight excluding hydrogens is 568 g/mol. The first-order chi connectivity index (χ1) is 18.6. The summed E-state index contributed by atoms with van der Waals surface area (Å²) >= 11 is 0. The normalized spacial score (nSPS) is 12.5. The molecule has 0 aliphatic carbocycles. The molecule has 4 rings (SSSR count). The number of azo groups is 2. The van der Waals surface area contributed by atoms with Gasteiger partial charge in [0, 0.05) is 23.2 Å². The maximum Gasteiger partial charge on any atom is 0.296 e. The fourth-order valence-corrected chi connectivity index (χ4v) is 4.82. The van der Waals surface area contributed by atoms with Crippen LogP contribution in [0.3, 0.4) is 0 Å². The van der Waals surface area contributed by atoms with Crippen molar-refractivity contribution >= 4 is 65.1 Å². The summed E-state index contributed by atoms with van der Waals surface area (Å²) in [5.41, 5.74) is 6.28. The maximum absolute atomic E-state index is 12.1. The van der Waals surface area contributed by atoms with E-state index in [2.05, 4.69) is 20.5 Å². The quantitative estimate of drug-likeness (QED) is 0.0678. The third-order valence-corrected chi connectivity index (χ3v) is 7.21. The van der Waals surface area contributed by atoms with E-state index in [9.17, 15) is 41.2 Å². The second-order valence-corrected chi connectivity index (χ2v) is 11.1. The van der Waals surface area contributed by atoms with Crippen LogP contribution in [0.15, 0.2) is 90.9 Å². The van der Waals surface area contributed by atoms with E-state index in [4.69, 9.17) is 5.73 Å². The highest BCUT2D eigenvalue weighted by atomic mass is 32.2. The van der Waals surface area contributed by atoms with Gasteiger partial charge in [-0.1, -0.05) is 0 Å². The third-order valence-electron chi connectivity index (χ3n) is 5.51. The van der Waals surface area contributed by atoms with Gasteiger partial charge in [-0.2, -0.15) is 32.2 Å². The summed E-state index contributed by atoms with van der Waals surface area (Å²) < 4.78 is 66.2. The molecule has 0 aliphatic rings. The summed E-state index contributed by atoms with van der Waals surface area (Å²) in [5, 5.41) is 37.0. The van der Waals surface area contributed by atoms with Crippen LogP contribution in [0.25, 0.3) is 10.8 Å². The summed E-state index contributed by atoms with van der Waals surface area (Å²) in [4.78, 5) is 8.67. The molecule has 0 amide bonds. The average Bonchev–Trinajstić information content (AvgIpc) is 2.86. The highest BCUT2D eigenvalue weighted by molar-refractivity contribution is 7.86. The van der Waals surface area contributed by atoms with Crippen LogP contribution in [0, 0.1) is 17.0 Å². The van der Waals surface area contributed by atoms with Gasteiger partial charge in [0.2, 0.25) is 0 Å². The Morgan fingerprint density at radius 1 is 0.825 bits per heavy atom. The summed E-state index contributed by atoms with van der Waals surface area (Å²) in [7, 11) is -9.72. The molecule has 206 valence electrons. The van der Waals surface area contributed by atoms with Crippen LogP contribution in [-0.2, 0) is 20.2 Å². The van der Waals surface area contributed by atoms with Gasteiger partial charge < -0.3 is 10.8 Å². The predicted molar refractivity (Wildman–Crippen MR) is 142 cm³/mol. The van der Waals surface area contributed by atoms with Gasteiger partial charge in [-0.15, -0.1) is 5.11 Å². The molecule has 17 heteroatoms. The Morgan fingerprint density at radius 2 is 1.45 bits per heavy atom. The van der Waals surface area contributed by atoms with Gasteiger partial charge in [0.1, 0.15) is 10.6 Å². The third kappa shape index (κ3) is 5.91. The number of nitrogen functional groups attached to an aromatic ring is 1. The number of nitro benzene ring substituents is 1. The zero-order valence-corrected chi connectivity index (χ0v) is 21.8. The molecule has 0 spiro atoms. The predicted octanol–water partition coefficient (Wildman–Crippen LogP) is 5.67. The minimum absolute atomic E-state index is 0.0929. The zero-order chi connectivity index (χ0) is 29.4. The number of phenolic OH excluding ortho intramolecular Hbond substituents is 1. The van der Waals surface area contributed by atoms with E-state index < -0.39 is 46.4 Å². The number of nitrogens with zero attached hydrogens (tertiary/aromatic N) is 5. The summed E-state index contributed by atoms with van der Waals surface area (Å²) in [6.45, 7) is 1.64. The molecule has 0 unspecified atom stereocenters. The van der Waals surface area contributed by atoms with Crippen molar-refractivity contribution in [2.45, 2.75) is 16.7 Å². The minimum atomic E-state index is -5.00. The Kier molecular flexibility index (Phi) is 7.31. The number of rotatable bonds is 7. The fraction of sp³-hybridized carbons (Fsp3) is 0.0435. The van der Waals surface area contributed by atoms with E-state index in [1.54, 1.807) is 13.0 Å². The minimum Gasteiger partial charge on any atom is -0.505 e. The number of phenols is 1.